The number of hydrogen-bond acceptors (Lipinski definition) is 3. The van der Waals surface area contributed by atoms with Gasteiger partial charge in [0.05, 0.1) is 13.2 Å². The van der Waals surface area contributed by atoms with Crippen molar-refractivity contribution in [3.63, 3.8) is 0 Å². The fourth-order valence-corrected chi connectivity index (χ4v) is 3.25. The third kappa shape index (κ3) is 1.93. The smallest absolute Gasteiger partial charge is 0.170 e. The molecule has 2 saturated carbocycles. The van der Waals surface area contributed by atoms with E-state index in [4.69, 9.17) is 9.47 Å². The predicted molar refractivity (Wildman–Crippen MR) is 57.6 cm³/mol. The Bertz CT molecular complexity index is 232. The van der Waals surface area contributed by atoms with Gasteiger partial charge in [0, 0.05) is 24.9 Å². The summed E-state index contributed by atoms with van der Waals surface area (Å²) in [4.78, 5) is 0. The van der Waals surface area contributed by atoms with Crippen molar-refractivity contribution in [2.45, 2.75) is 56.9 Å². The Morgan fingerprint density at radius 1 is 1.13 bits per heavy atom. The van der Waals surface area contributed by atoms with E-state index < -0.39 is 0 Å². The van der Waals surface area contributed by atoms with Gasteiger partial charge in [0.25, 0.3) is 0 Å². The maximum atomic E-state index is 5.72. The first kappa shape index (κ1) is 10.1. The summed E-state index contributed by atoms with van der Waals surface area (Å²) >= 11 is 0. The summed E-state index contributed by atoms with van der Waals surface area (Å²) < 4.78 is 11.4. The van der Waals surface area contributed by atoms with E-state index in [1.165, 1.54) is 19.3 Å². The predicted octanol–water partition coefficient (Wildman–Crippen LogP) is 1.67. The van der Waals surface area contributed by atoms with Gasteiger partial charge in [-0.2, -0.15) is 0 Å². The van der Waals surface area contributed by atoms with Gasteiger partial charge in [0.15, 0.2) is 5.79 Å². The summed E-state index contributed by atoms with van der Waals surface area (Å²) in [6, 6.07) is 1.39. The first-order valence-electron chi connectivity index (χ1n) is 6.30. The van der Waals surface area contributed by atoms with Crippen LogP contribution in [0.1, 0.15) is 39.0 Å². The average molecular weight is 211 g/mol. The minimum absolute atomic E-state index is 0.201. The Labute approximate surface area is 91.5 Å². The second-order valence-electron chi connectivity index (χ2n) is 5.49. The molecular formula is C12H21NO2. The molecule has 1 heterocycles. The molecule has 1 spiro atoms. The molecule has 3 fully saturated rings. The van der Waals surface area contributed by atoms with Crippen molar-refractivity contribution in [2.24, 2.45) is 5.92 Å². The van der Waals surface area contributed by atoms with Gasteiger partial charge in [0.1, 0.15) is 0 Å². The highest BCUT2D eigenvalue weighted by atomic mass is 16.7. The SMILES string of the molecule is CC1CC(NC2CCC3(C2)OCCO3)C1. The molecule has 1 N–H and O–H groups in total. The lowest BCUT2D eigenvalue weighted by Gasteiger charge is -2.36. The van der Waals surface area contributed by atoms with Crippen molar-refractivity contribution in [1.82, 2.24) is 5.32 Å². The van der Waals surface area contributed by atoms with Crippen molar-refractivity contribution in [2.75, 3.05) is 13.2 Å². The Morgan fingerprint density at radius 2 is 1.87 bits per heavy atom. The molecule has 86 valence electrons. The van der Waals surface area contributed by atoms with E-state index in [9.17, 15) is 0 Å². The number of ether oxygens (including phenoxy) is 2. The van der Waals surface area contributed by atoms with Gasteiger partial charge < -0.3 is 14.8 Å². The molecule has 2 aliphatic carbocycles. The van der Waals surface area contributed by atoms with E-state index in [1.807, 2.05) is 0 Å². The molecular weight excluding hydrogens is 190 g/mol. The lowest BCUT2D eigenvalue weighted by molar-refractivity contribution is -0.151. The number of rotatable bonds is 2. The molecule has 1 unspecified atom stereocenters. The molecule has 3 aliphatic rings. The zero-order valence-corrected chi connectivity index (χ0v) is 9.50. The monoisotopic (exact) mass is 211 g/mol. The summed E-state index contributed by atoms with van der Waals surface area (Å²) in [6.07, 6.45) is 6.05. The van der Waals surface area contributed by atoms with E-state index in [0.717, 1.165) is 38.0 Å². The van der Waals surface area contributed by atoms with Crippen LogP contribution in [0, 0.1) is 5.92 Å². The van der Waals surface area contributed by atoms with E-state index in [2.05, 4.69) is 12.2 Å². The highest BCUT2D eigenvalue weighted by Gasteiger charge is 2.44. The zero-order valence-electron chi connectivity index (χ0n) is 9.50. The van der Waals surface area contributed by atoms with E-state index in [-0.39, 0.29) is 5.79 Å². The molecule has 0 amide bonds. The average Bonchev–Trinajstić information content (AvgIpc) is 2.76. The van der Waals surface area contributed by atoms with Crippen molar-refractivity contribution in [3.05, 3.63) is 0 Å². The molecule has 1 aliphatic heterocycles. The lowest BCUT2D eigenvalue weighted by atomic mass is 9.81. The van der Waals surface area contributed by atoms with Crippen LogP contribution >= 0.6 is 0 Å². The van der Waals surface area contributed by atoms with Crippen molar-refractivity contribution < 1.29 is 9.47 Å². The molecule has 1 atom stereocenters. The highest BCUT2D eigenvalue weighted by molar-refractivity contribution is 4.93. The largest absolute Gasteiger partial charge is 0.347 e. The normalized spacial score (nSPS) is 43.4. The molecule has 0 radical (unpaired) electrons. The van der Waals surface area contributed by atoms with Gasteiger partial charge in [-0.25, -0.2) is 0 Å². The molecule has 0 aromatic heterocycles. The number of nitrogens with one attached hydrogen (secondary N) is 1. The van der Waals surface area contributed by atoms with Gasteiger partial charge >= 0.3 is 0 Å². The molecule has 1 saturated heterocycles. The van der Waals surface area contributed by atoms with Crippen molar-refractivity contribution in [1.29, 1.82) is 0 Å². The summed E-state index contributed by atoms with van der Waals surface area (Å²) in [5.74, 6) is 0.726. The van der Waals surface area contributed by atoms with E-state index in [0.29, 0.717) is 6.04 Å². The number of hydrogen-bond donors (Lipinski definition) is 1. The summed E-state index contributed by atoms with van der Waals surface area (Å²) in [7, 11) is 0. The third-order valence-electron chi connectivity index (χ3n) is 4.09. The second kappa shape index (κ2) is 3.72. The topological polar surface area (TPSA) is 30.5 Å². The molecule has 3 rings (SSSR count). The van der Waals surface area contributed by atoms with Crippen LogP contribution in [-0.4, -0.2) is 31.1 Å². The first-order valence-corrected chi connectivity index (χ1v) is 6.30. The van der Waals surface area contributed by atoms with Crippen LogP contribution in [0.2, 0.25) is 0 Å². The van der Waals surface area contributed by atoms with Gasteiger partial charge in [-0.3, -0.25) is 0 Å². The standard InChI is InChI=1S/C12H21NO2/c1-9-6-11(7-9)13-10-2-3-12(8-10)14-4-5-15-12/h9-11,13H,2-8H2,1H3. The summed E-state index contributed by atoms with van der Waals surface area (Å²) in [5, 5.41) is 3.74. The van der Waals surface area contributed by atoms with Crippen LogP contribution in [0.25, 0.3) is 0 Å². The Hall–Kier alpha value is -0.120. The van der Waals surface area contributed by atoms with Crippen LogP contribution in [-0.2, 0) is 9.47 Å². The maximum absolute atomic E-state index is 5.72. The fraction of sp³-hybridized carbons (Fsp3) is 1.00. The highest BCUT2D eigenvalue weighted by Crippen LogP contribution is 2.38. The quantitative estimate of drug-likeness (QED) is 0.753. The van der Waals surface area contributed by atoms with Crippen LogP contribution in [0.4, 0.5) is 0 Å². The first-order chi connectivity index (χ1) is 7.26. The summed E-state index contributed by atoms with van der Waals surface area (Å²) in [6.45, 7) is 3.90. The van der Waals surface area contributed by atoms with E-state index >= 15 is 0 Å². The second-order valence-corrected chi connectivity index (χ2v) is 5.49. The molecule has 3 heteroatoms. The minimum atomic E-state index is -0.201. The van der Waals surface area contributed by atoms with Crippen molar-refractivity contribution >= 4 is 0 Å². The minimum Gasteiger partial charge on any atom is -0.347 e. The van der Waals surface area contributed by atoms with Gasteiger partial charge in [-0.05, 0) is 25.2 Å². The van der Waals surface area contributed by atoms with Crippen LogP contribution in [0.5, 0.6) is 0 Å². The molecule has 0 aromatic rings. The lowest BCUT2D eigenvalue weighted by Crippen LogP contribution is -2.45. The maximum Gasteiger partial charge on any atom is 0.170 e. The van der Waals surface area contributed by atoms with Crippen LogP contribution < -0.4 is 5.32 Å². The molecule has 3 nitrogen and oxygen atoms in total. The van der Waals surface area contributed by atoms with Gasteiger partial charge in [-0.15, -0.1) is 0 Å². The van der Waals surface area contributed by atoms with Crippen LogP contribution in [0.3, 0.4) is 0 Å². The molecule has 0 aromatic carbocycles. The zero-order chi connectivity index (χ0) is 10.3. The van der Waals surface area contributed by atoms with Crippen LogP contribution in [0.15, 0.2) is 0 Å². The summed E-state index contributed by atoms with van der Waals surface area (Å²) in [5.41, 5.74) is 0. The Balaban J connectivity index is 1.49. The van der Waals surface area contributed by atoms with Crippen molar-refractivity contribution in [3.8, 4) is 0 Å². The third-order valence-corrected chi connectivity index (χ3v) is 4.09. The Morgan fingerprint density at radius 3 is 2.53 bits per heavy atom. The van der Waals surface area contributed by atoms with Gasteiger partial charge in [-0.1, -0.05) is 6.92 Å². The molecule has 15 heavy (non-hydrogen) atoms. The molecule has 0 bridgehead atoms. The Kier molecular flexibility index (Phi) is 2.49. The fourth-order valence-electron chi connectivity index (χ4n) is 3.25. The van der Waals surface area contributed by atoms with Gasteiger partial charge in [0.2, 0.25) is 0 Å². The van der Waals surface area contributed by atoms with E-state index in [1.54, 1.807) is 0 Å².